The van der Waals surface area contributed by atoms with Crippen molar-refractivity contribution in [2.45, 2.75) is 25.6 Å². The molecule has 0 aliphatic carbocycles. The van der Waals surface area contributed by atoms with E-state index in [2.05, 4.69) is 4.74 Å². The maximum absolute atomic E-state index is 11.2. The average Bonchev–Trinajstić information content (AvgIpc) is 2.37. The SMILES string of the molecule is CCOC(=O)CC(O)C(O)c1ccc(C=O)c(O)c1. The van der Waals surface area contributed by atoms with Gasteiger partial charge in [0.1, 0.15) is 11.9 Å². The molecule has 1 aromatic rings. The second-order valence-electron chi connectivity index (χ2n) is 3.96. The van der Waals surface area contributed by atoms with Crippen LogP contribution in [0.4, 0.5) is 0 Å². The third-order valence-corrected chi connectivity index (χ3v) is 2.57. The van der Waals surface area contributed by atoms with E-state index in [9.17, 15) is 24.9 Å². The summed E-state index contributed by atoms with van der Waals surface area (Å²) >= 11 is 0. The monoisotopic (exact) mass is 268 g/mol. The van der Waals surface area contributed by atoms with Gasteiger partial charge in [0.15, 0.2) is 6.29 Å². The molecule has 104 valence electrons. The molecule has 0 aromatic heterocycles. The minimum absolute atomic E-state index is 0.0795. The average molecular weight is 268 g/mol. The topological polar surface area (TPSA) is 104 Å². The van der Waals surface area contributed by atoms with Gasteiger partial charge in [-0.05, 0) is 24.6 Å². The lowest BCUT2D eigenvalue weighted by Gasteiger charge is -2.17. The fourth-order valence-corrected chi connectivity index (χ4v) is 1.57. The van der Waals surface area contributed by atoms with E-state index in [4.69, 9.17) is 0 Å². The Hall–Kier alpha value is -1.92. The lowest BCUT2D eigenvalue weighted by Crippen LogP contribution is -2.23. The number of aliphatic hydroxyl groups is 2. The van der Waals surface area contributed by atoms with Gasteiger partial charge in [-0.1, -0.05) is 6.07 Å². The number of carbonyl (C=O) groups is 2. The third-order valence-electron chi connectivity index (χ3n) is 2.57. The van der Waals surface area contributed by atoms with Crippen LogP contribution in [-0.2, 0) is 9.53 Å². The number of aldehydes is 1. The highest BCUT2D eigenvalue weighted by molar-refractivity contribution is 5.79. The fourth-order valence-electron chi connectivity index (χ4n) is 1.57. The number of ether oxygens (including phenoxy) is 1. The summed E-state index contributed by atoms with van der Waals surface area (Å²) in [5.41, 5.74) is 0.288. The predicted molar refractivity (Wildman–Crippen MR) is 65.7 cm³/mol. The van der Waals surface area contributed by atoms with Gasteiger partial charge < -0.3 is 20.1 Å². The Morgan fingerprint density at radius 1 is 1.42 bits per heavy atom. The number of esters is 1. The second-order valence-corrected chi connectivity index (χ2v) is 3.96. The zero-order valence-corrected chi connectivity index (χ0v) is 10.4. The molecule has 0 aliphatic heterocycles. The van der Waals surface area contributed by atoms with Crippen LogP contribution >= 0.6 is 0 Å². The van der Waals surface area contributed by atoms with Crippen molar-refractivity contribution in [3.05, 3.63) is 29.3 Å². The van der Waals surface area contributed by atoms with E-state index in [0.717, 1.165) is 0 Å². The van der Waals surface area contributed by atoms with Crippen molar-refractivity contribution < 1.29 is 29.6 Å². The second kappa shape index (κ2) is 6.86. The lowest BCUT2D eigenvalue weighted by atomic mass is 10.0. The molecule has 6 nitrogen and oxygen atoms in total. The minimum Gasteiger partial charge on any atom is -0.507 e. The molecule has 0 fully saturated rings. The van der Waals surface area contributed by atoms with E-state index in [1.165, 1.54) is 18.2 Å². The summed E-state index contributed by atoms with van der Waals surface area (Å²) in [4.78, 5) is 21.7. The van der Waals surface area contributed by atoms with Crippen molar-refractivity contribution in [2.75, 3.05) is 6.61 Å². The van der Waals surface area contributed by atoms with Gasteiger partial charge in [0, 0.05) is 0 Å². The van der Waals surface area contributed by atoms with Gasteiger partial charge in [-0.15, -0.1) is 0 Å². The van der Waals surface area contributed by atoms with E-state index in [0.29, 0.717) is 6.29 Å². The molecule has 2 unspecified atom stereocenters. The van der Waals surface area contributed by atoms with Crippen molar-refractivity contribution in [3.63, 3.8) is 0 Å². The van der Waals surface area contributed by atoms with Gasteiger partial charge in [0.05, 0.1) is 24.7 Å². The van der Waals surface area contributed by atoms with Gasteiger partial charge in [0.25, 0.3) is 0 Å². The van der Waals surface area contributed by atoms with E-state index < -0.39 is 18.2 Å². The number of hydrogen-bond acceptors (Lipinski definition) is 6. The number of aromatic hydroxyl groups is 1. The van der Waals surface area contributed by atoms with Crippen molar-refractivity contribution in [1.82, 2.24) is 0 Å². The molecule has 0 radical (unpaired) electrons. The Labute approximate surface area is 110 Å². The van der Waals surface area contributed by atoms with Crippen molar-refractivity contribution in [3.8, 4) is 5.75 Å². The molecular weight excluding hydrogens is 252 g/mol. The van der Waals surface area contributed by atoms with E-state index in [1.54, 1.807) is 6.92 Å². The van der Waals surface area contributed by atoms with Crippen LogP contribution in [0.25, 0.3) is 0 Å². The first kappa shape index (κ1) is 15.1. The van der Waals surface area contributed by atoms with Crippen LogP contribution in [0, 0.1) is 0 Å². The molecule has 6 heteroatoms. The van der Waals surface area contributed by atoms with Crippen LogP contribution in [0.3, 0.4) is 0 Å². The quantitative estimate of drug-likeness (QED) is 0.514. The minimum atomic E-state index is -1.35. The molecule has 3 N–H and O–H groups in total. The van der Waals surface area contributed by atoms with Gasteiger partial charge in [0.2, 0.25) is 0 Å². The molecule has 0 aliphatic rings. The summed E-state index contributed by atoms with van der Waals surface area (Å²) in [7, 11) is 0. The summed E-state index contributed by atoms with van der Waals surface area (Å²) in [6.45, 7) is 1.83. The first-order valence-corrected chi connectivity index (χ1v) is 5.79. The molecule has 0 saturated heterocycles. The number of carbonyl (C=O) groups excluding carboxylic acids is 2. The number of hydrogen-bond donors (Lipinski definition) is 3. The maximum atomic E-state index is 11.2. The largest absolute Gasteiger partial charge is 0.507 e. The standard InChI is InChI=1S/C13H16O6/c1-2-19-12(17)6-11(16)13(18)8-3-4-9(7-14)10(15)5-8/h3-5,7,11,13,15-16,18H,2,6H2,1H3. The van der Waals surface area contributed by atoms with Crippen LogP contribution in [0.15, 0.2) is 18.2 Å². The maximum Gasteiger partial charge on any atom is 0.308 e. The Morgan fingerprint density at radius 3 is 2.63 bits per heavy atom. The third kappa shape index (κ3) is 4.04. The van der Waals surface area contributed by atoms with E-state index in [-0.39, 0.29) is 29.9 Å². The van der Waals surface area contributed by atoms with Crippen molar-refractivity contribution >= 4 is 12.3 Å². The zero-order chi connectivity index (χ0) is 14.4. The zero-order valence-electron chi connectivity index (χ0n) is 10.4. The van der Waals surface area contributed by atoms with Gasteiger partial charge >= 0.3 is 5.97 Å². The summed E-state index contributed by atoms with van der Waals surface area (Å²) < 4.78 is 4.65. The molecule has 0 heterocycles. The van der Waals surface area contributed by atoms with Gasteiger partial charge in [-0.25, -0.2) is 0 Å². The van der Waals surface area contributed by atoms with Gasteiger partial charge in [-0.3, -0.25) is 9.59 Å². The van der Waals surface area contributed by atoms with E-state index in [1.807, 2.05) is 0 Å². The molecule has 1 rings (SSSR count). The summed E-state index contributed by atoms with van der Waals surface area (Å²) in [5, 5.41) is 29.0. The van der Waals surface area contributed by atoms with Crippen LogP contribution in [-0.4, -0.2) is 40.3 Å². The highest BCUT2D eigenvalue weighted by atomic mass is 16.5. The first-order valence-electron chi connectivity index (χ1n) is 5.79. The summed E-state index contributed by atoms with van der Waals surface area (Å²) in [5.74, 6) is -0.919. The molecule has 19 heavy (non-hydrogen) atoms. The molecule has 2 atom stereocenters. The smallest absolute Gasteiger partial charge is 0.308 e. The van der Waals surface area contributed by atoms with Crippen LogP contribution in [0.1, 0.15) is 35.4 Å². The lowest BCUT2D eigenvalue weighted by molar-refractivity contribution is -0.147. The molecule has 0 saturated carbocycles. The molecule has 0 spiro atoms. The Balaban J connectivity index is 2.76. The highest BCUT2D eigenvalue weighted by Gasteiger charge is 2.22. The number of aliphatic hydroxyl groups excluding tert-OH is 2. The highest BCUT2D eigenvalue weighted by Crippen LogP contribution is 2.25. The number of benzene rings is 1. The Kier molecular flexibility index (Phi) is 5.47. The number of phenols is 1. The number of phenolic OH excluding ortho intramolecular Hbond substituents is 1. The van der Waals surface area contributed by atoms with Crippen molar-refractivity contribution in [1.29, 1.82) is 0 Å². The Morgan fingerprint density at radius 2 is 2.11 bits per heavy atom. The molecule has 0 amide bonds. The normalized spacial score (nSPS) is 13.6. The fraction of sp³-hybridized carbons (Fsp3) is 0.385. The van der Waals surface area contributed by atoms with Crippen molar-refractivity contribution in [2.24, 2.45) is 0 Å². The predicted octanol–water partition coefficient (Wildman–Crippen LogP) is 0.552. The van der Waals surface area contributed by atoms with Crippen LogP contribution in [0.5, 0.6) is 5.75 Å². The first-order chi connectivity index (χ1) is 8.99. The number of rotatable bonds is 6. The summed E-state index contributed by atoms with van der Waals surface area (Å²) in [6.07, 6.45) is -2.58. The molecule has 1 aromatic carbocycles. The van der Waals surface area contributed by atoms with Crippen LogP contribution < -0.4 is 0 Å². The van der Waals surface area contributed by atoms with Crippen LogP contribution in [0.2, 0.25) is 0 Å². The molecule has 0 bridgehead atoms. The van der Waals surface area contributed by atoms with Gasteiger partial charge in [-0.2, -0.15) is 0 Å². The molecular formula is C13H16O6. The Bertz CT molecular complexity index is 456. The van der Waals surface area contributed by atoms with E-state index >= 15 is 0 Å². The summed E-state index contributed by atoms with van der Waals surface area (Å²) in [6, 6.07) is 3.88.